The second-order valence-electron chi connectivity index (χ2n) is 3.17. The number of alkyl halides is 1. The molecule has 0 spiro atoms. The average Bonchev–Trinajstić information content (AvgIpc) is 2.17. The molecule has 0 amide bonds. The molecule has 0 saturated heterocycles. The molecule has 2 rings (SSSR count). The molecule has 1 aliphatic heterocycles. The highest BCUT2D eigenvalue weighted by atomic mass is 79.9. The van der Waals surface area contributed by atoms with Crippen LogP contribution in [0.25, 0.3) is 6.08 Å². The minimum atomic E-state index is -0.568. The van der Waals surface area contributed by atoms with Crippen molar-refractivity contribution in [2.45, 2.75) is 15.5 Å². The van der Waals surface area contributed by atoms with Gasteiger partial charge in [-0.1, -0.05) is 52.0 Å². The number of thioether (sulfide) groups is 1. The fraction of sp³-hybridized carbons (Fsp3) is 0.182. The summed E-state index contributed by atoms with van der Waals surface area (Å²) in [6.07, 6.45) is 3.89. The van der Waals surface area contributed by atoms with Crippen molar-refractivity contribution in [1.29, 1.82) is 0 Å². The third kappa shape index (κ3) is 1.66. The van der Waals surface area contributed by atoms with Crippen molar-refractivity contribution in [1.82, 2.24) is 0 Å². The van der Waals surface area contributed by atoms with Crippen molar-refractivity contribution in [2.75, 3.05) is 0 Å². The molecule has 0 fully saturated rings. The lowest BCUT2D eigenvalue weighted by atomic mass is 10.1. The fourth-order valence-corrected chi connectivity index (χ4v) is 2.95. The van der Waals surface area contributed by atoms with Gasteiger partial charge in [0.1, 0.15) is 0 Å². The van der Waals surface area contributed by atoms with Crippen LogP contribution >= 0.6 is 27.7 Å². The van der Waals surface area contributed by atoms with E-state index in [1.165, 1.54) is 5.56 Å². The van der Waals surface area contributed by atoms with Crippen molar-refractivity contribution in [2.24, 2.45) is 0 Å². The van der Waals surface area contributed by atoms with Gasteiger partial charge in [0.15, 0.2) is 9.44 Å². The van der Waals surface area contributed by atoms with Crippen molar-refractivity contribution in [3.63, 3.8) is 0 Å². The molecule has 3 heteroatoms. The summed E-state index contributed by atoms with van der Waals surface area (Å²) in [6.45, 7) is 1.60. The van der Waals surface area contributed by atoms with Crippen LogP contribution in [0, 0.1) is 0 Å². The van der Waals surface area contributed by atoms with Crippen LogP contribution in [0.15, 0.2) is 35.2 Å². The van der Waals surface area contributed by atoms with Crippen molar-refractivity contribution in [3.8, 4) is 0 Å². The van der Waals surface area contributed by atoms with Crippen LogP contribution in [0.4, 0.5) is 0 Å². The van der Waals surface area contributed by atoms with Gasteiger partial charge in [-0.15, -0.1) is 0 Å². The Morgan fingerprint density at radius 1 is 1.43 bits per heavy atom. The first kappa shape index (κ1) is 9.99. The summed E-state index contributed by atoms with van der Waals surface area (Å²) >= 11 is 5.00. The monoisotopic (exact) mass is 268 g/mol. The zero-order valence-electron chi connectivity index (χ0n) is 7.66. The topological polar surface area (TPSA) is 17.1 Å². The van der Waals surface area contributed by atoms with Crippen LogP contribution in [0.2, 0.25) is 0 Å². The highest BCUT2D eigenvalue weighted by Gasteiger charge is 2.33. The number of carbonyl (C=O) groups is 1. The van der Waals surface area contributed by atoms with Crippen LogP contribution in [0.1, 0.15) is 12.5 Å². The molecule has 0 aromatic heterocycles. The lowest BCUT2D eigenvalue weighted by Gasteiger charge is -2.24. The van der Waals surface area contributed by atoms with Crippen LogP contribution in [0.5, 0.6) is 0 Å². The van der Waals surface area contributed by atoms with E-state index in [1.807, 2.05) is 36.4 Å². The van der Waals surface area contributed by atoms with Crippen LogP contribution in [-0.4, -0.2) is 9.44 Å². The second kappa shape index (κ2) is 3.55. The zero-order valence-corrected chi connectivity index (χ0v) is 10.1. The number of Topliss-reactive ketones (excluding diaryl/α,β-unsaturated/α-hetero) is 1. The first-order chi connectivity index (χ1) is 6.62. The Kier molecular flexibility index (Phi) is 2.54. The summed E-state index contributed by atoms with van der Waals surface area (Å²) in [7, 11) is 0. The Morgan fingerprint density at radius 3 is 2.86 bits per heavy atom. The standard InChI is InChI=1S/C11H9BrOS/c1-8(13)11(12)7-6-9-4-2-3-5-10(9)14-11/h2-7H,1H3. The summed E-state index contributed by atoms with van der Waals surface area (Å²) in [5.41, 5.74) is 1.17. The third-order valence-corrected chi connectivity index (χ3v) is 4.76. The average molecular weight is 269 g/mol. The van der Waals surface area contributed by atoms with Gasteiger partial charge in [0.25, 0.3) is 0 Å². The molecule has 72 valence electrons. The maximum atomic E-state index is 11.4. The van der Waals surface area contributed by atoms with Gasteiger partial charge < -0.3 is 0 Å². The van der Waals surface area contributed by atoms with E-state index in [4.69, 9.17) is 0 Å². The smallest absolute Gasteiger partial charge is 0.160 e. The fourth-order valence-electron chi connectivity index (χ4n) is 1.29. The molecule has 1 aromatic rings. The normalized spacial score (nSPS) is 24.4. The molecule has 0 radical (unpaired) electrons. The number of fused-ring (bicyclic) bond motifs is 1. The molecule has 1 unspecified atom stereocenters. The number of ketones is 1. The zero-order chi connectivity index (χ0) is 10.2. The molecule has 1 heterocycles. The Morgan fingerprint density at radius 2 is 2.14 bits per heavy atom. The highest BCUT2D eigenvalue weighted by molar-refractivity contribution is 9.12. The number of rotatable bonds is 1. The maximum Gasteiger partial charge on any atom is 0.160 e. The predicted octanol–water partition coefficient (Wildman–Crippen LogP) is 3.49. The number of halogens is 1. The molecular weight excluding hydrogens is 260 g/mol. The van der Waals surface area contributed by atoms with Crippen molar-refractivity contribution >= 4 is 39.6 Å². The molecule has 1 atom stereocenters. The van der Waals surface area contributed by atoms with Crippen molar-refractivity contribution < 1.29 is 4.79 Å². The van der Waals surface area contributed by atoms with Crippen LogP contribution in [-0.2, 0) is 4.79 Å². The molecule has 0 saturated carbocycles. The molecule has 0 N–H and O–H groups in total. The van der Waals surface area contributed by atoms with Gasteiger partial charge in [0, 0.05) is 4.90 Å². The Bertz CT molecular complexity index is 414. The molecule has 0 aliphatic carbocycles. The SMILES string of the molecule is CC(=O)C1(Br)C=Cc2ccccc2S1. The molecule has 1 aromatic carbocycles. The van der Waals surface area contributed by atoms with Gasteiger partial charge in [0.2, 0.25) is 0 Å². The molecule has 0 bridgehead atoms. The van der Waals surface area contributed by atoms with Gasteiger partial charge in [-0.3, -0.25) is 4.79 Å². The maximum absolute atomic E-state index is 11.4. The molecule has 1 nitrogen and oxygen atoms in total. The Balaban J connectivity index is 2.43. The van der Waals surface area contributed by atoms with E-state index in [9.17, 15) is 4.79 Å². The largest absolute Gasteiger partial charge is 0.297 e. The van der Waals surface area contributed by atoms with E-state index in [0.29, 0.717) is 0 Å². The summed E-state index contributed by atoms with van der Waals surface area (Å²) in [4.78, 5) is 12.6. The minimum absolute atomic E-state index is 0.119. The van der Waals surface area contributed by atoms with Gasteiger partial charge in [-0.2, -0.15) is 0 Å². The first-order valence-electron chi connectivity index (χ1n) is 4.29. The van der Waals surface area contributed by atoms with Gasteiger partial charge in [-0.05, 0) is 24.6 Å². The van der Waals surface area contributed by atoms with E-state index in [1.54, 1.807) is 18.7 Å². The number of carbonyl (C=O) groups excluding carboxylic acids is 1. The Labute approximate surface area is 95.7 Å². The molecule has 14 heavy (non-hydrogen) atoms. The number of hydrogen-bond acceptors (Lipinski definition) is 2. The summed E-state index contributed by atoms with van der Waals surface area (Å²) in [5, 5.41) is 0. The lowest BCUT2D eigenvalue weighted by molar-refractivity contribution is -0.116. The summed E-state index contributed by atoms with van der Waals surface area (Å²) in [5.74, 6) is 0.119. The van der Waals surface area contributed by atoms with Crippen LogP contribution in [0.3, 0.4) is 0 Å². The molecule has 1 aliphatic rings. The third-order valence-electron chi connectivity index (χ3n) is 2.13. The second-order valence-corrected chi connectivity index (χ2v) is 6.24. The predicted molar refractivity (Wildman–Crippen MR) is 63.7 cm³/mol. The lowest BCUT2D eigenvalue weighted by Crippen LogP contribution is -2.24. The number of benzene rings is 1. The van der Waals surface area contributed by atoms with Gasteiger partial charge in [0.05, 0.1) is 0 Å². The summed E-state index contributed by atoms with van der Waals surface area (Å²) < 4.78 is -0.568. The van der Waals surface area contributed by atoms with Crippen molar-refractivity contribution in [3.05, 3.63) is 35.9 Å². The van der Waals surface area contributed by atoms with Crippen LogP contribution < -0.4 is 0 Å². The quantitative estimate of drug-likeness (QED) is 0.726. The first-order valence-corrected chi connectivity index (χ1v) is 5.90. The summed E-state index contributed by atoms with van der Waals surface area (Å²) in [6, 6.07) is 8.06. The highest BCUT2D eigenvalue weighted by Crippen LogP contribution is 2.45. The minimum Gasteiger partial charge on any atom is -0.297 e. The van der Waals surface area contributed by atoms with E-state index >= 15 is 0 Å². The Hall–Kier alpha value is -0.540. The molecular formula is C11H9BrOS. The van der Waals surface area contributed by atoms with E-state index in [-0.39, 0.29) is 5.78 Å². The number of hydrogen-bond donors (Lipinski definition) is 0. The van der Waals surface area contributed by atoms with E-state index in [0.717, 1.165) is 4.90 Å². The van der Waals surface area contributed by atoms with E-state index in [2.05, 4.69) is 15.9 Å². The van der Waals surface area contributed by atoms with E-state index < -0.39 is 3.66 Å². The van der Waals surface area contributed by atoms with Gasteiger partial charge >= 0.3 is 0 Å². The van der Waals surface area contributed by atoms with Gasteiger partial charge in [-0.25, -0.2) is 0 Å².